The molecular weight excluding hydrogens is 519 g/mol. The lowest BCUT2D eigenvalue weighted by Crippen LogP contribution is -2.54. The van der Waals surface area contributed by atoms with Crippen molar-refractivity contribution in [2.75, 3.05) is 59.2 Å². The topological polar surface area (TPSA) is 83.5 Å². The van der Waals surface area contributed by atoms with Crippen LogP contribution in [0.2, 0.25) is 0 Å². The predicted octanol–water partition coefficient (Wildman–Crippen LogP) is 1.94. The van der Waals surface area contributed by atoms with Crippen LogP contribution in [0, 0.1) is 0 Å². The molecule has 0 radical (unpaired) electrons. The lowest BCUT2D eigenvalue weighted by atomic mass is 10.1. The first-order valence-electron chi connectivity index (χ1n) is 10.00. The van der Waals surface area contributed by atoms with Gasteiger partial charge in [0.2, 0.25) is 10.0 Å². The maximum absolute atomic E-state index is 12.5. The van der Waals surface area contributed by atoms with Crippen LogP contribution in [0.5, 0.6) is 0 Å². The Morgan fingerprint density at radius 3 is 2.33 bits per heavy atom. The minimum absolute atomic E-state index is 0. The Balaban J connectivity index is 0.00000450. The van der Waals surface area contributed by atoms with Crippen LogP contribution in [0.1, 0.15) is 25.5 Å². The number of nitrogens with one attached hydrogen (secondary N) is 1. The van der Waals surface area contributed by atoms with Crippen LogP contribution in [-0.4, -0.2) is 88.9 Å². The molecule has 1 fully saturated rings. The zero-order valence-electron chi connectivity index (χ0n) is 18.3. The zero-order chi connectivity index (χ0) is 21.3. The Morgan fingerprint density at radius 2 is 1.80 bits per heavy atom. The highest BCUT2D eigenvalue weighted by Gasteiger charge is 2.28. The Kier molecular flexibility index (Phi) is 12.2. The summed E-state index contributed by atoms with van der Waals surface area (Å²) in [6.45, 7) is 6.67. The number of nitrogens with zero attached hydrogens (tertiary/aromatic N) is 3. The molecule has 0 amide bonds. The molecule has 2 rings (SSSR count). The van der Waals surface area contributed by atoms with Gasteiger partial charge in [-0.1, -0.05) is 30.3 Å². The van der Waals surface area contributed by atoms with E-state index in [0.717, 1.165) is 11.5 Å². The second kappa shape index (κ2) is 13.5. The van der Waals surface area contributed by atoms with Crippen molar-refractivity contribution in [3.63, 3.8) is 0 Å². The number of sulfonamides is 1. The summed E-state index contributed by atoms with van der Waals surface area (Å²) >= 11 is 0. The van der Waals surface area contributed by atoms with E-state index in [0.29, 0.717) is 32.7 Å². The number of hydrogen-bond donors (Lipinski definition) is 1. The molecule has 1 N–H and O–H groups in total. The number of hydrogen-bond acceptors (Lipinski definition) is 5. The molecule has 0 aliphatic carbocycles. The maximum Gasteiger partial charge on any atom is 0.216 e. The fourth-order valence-electron chi connectivity index (χ4n) is 3.22. The molecule has 1 atom stereocenters. The fraction of sp³-hybridized carbons (Fsp3) is 0.650. The van der Waals surface area contributed by atoms with E-state index < -0.39 is 10.0 Å². The average Bonchev–Trinajstić information content (AvgIpc) is 2.72. The monoisotopic (exact) mass is 554 g/mol. The number of benzene rings is 1. The standard InChI is InChI=1S/C20H34N4O4S.HI/c1-17(2)28-14-15-29(25,26)24-12-10-23(11-13-24)20(21-3)22-16-19(27-4)18-8-6-5-7-9-18;/h5-9,17,19H,10-16H2,1-4H3,(H,21,22);1H. The van der Waals surface area contributed by atoms with Gasteiger partial charge in [-0.3, -0.25) is 4.99 Å². The maximum atomic E-state index is 12.5. The first-order valence-corrected chi connectivity index (χ1v) is 11.6. The molecule has 30 heavy (non-hydrogen) atoms. The van der Waals surface area contributed by atoms with E-state index in [9.17, 15) is 8.42 Å². The predicted molar refractivity (Wildman–Crippen MR) is 131 cm³/mol. The molecule has 1 aliphatic rings. The normalized spacial score (nSPS) is 17.0. The van der Waals surface area contributed by atoms with Crippen molar-refractivity contribution in [2.24, 2.45) is 4.99 Å². The smallest absolute Gasteiger partial charge is 0.216 e. The van der Waals surface area contributed by atoms with Crippen molar-refractivity contribution < 1.29 is 17.9 Å². The molecule has 1 aromatic rings. The summed E-state index contributed by atoms with van der Waals surface area (Å²) in [5.74, 6) is 0.772. The highest BCUT2D eigenvalue weighted by molar-refractivity contribution is 14.0. The summed E-state index contributed by atoms with van der Waals surface area (Å²) in [6.07, 6.45) is -0.0566. The molecule has 0 spiro atoms. The van der Waals surface area contributed by atoms with Gasteiger partial charge in [0.1, 0.15) is 0 Å². The zero-order valence-corrected chi connectivity index (χ0v) is 21.4. The largest absolute Gasteiger partial charge is 0.378 e. The highest BCUT2D eigenvalue weighted by Crippen LogP contribution is 2.15. The lowest BCUT2D eigenvalue weighted by Gasteiger charge is -2.36. The molecule has 1 saturated heterocycles. The summed E-state index contributed by atoms with van der Waals surface area (Å²) in [4.78, 5) is 6.43. The fourth-order valence-corrected chi connectivity index (χ4v) is 4.50. The van der Waals surface area contributed by atoms with Crippen LogP contribution in [0.25, 0.3) is 0 Å². The third kappa shape index (κ3) is 8.29. The van der Waals surface area contributed by atoms with Gasteiger partial charge in [0.15, 0.2) is 5.96 Å². The summed E-state index contributed by atoms with van der Waals surface area (Å²) in [5, 5.41) is 3.35. The van der Waals surface area contributed by atoms with Crippen molar-refractivity contribution >= 4 is 40.0 Å². The van der Waals surface area contributed by atoms with Crippen molar-refractivity contribution in [1.82, 2.24) is 14.5 Å². The Hall–Kier alpha value is -0.950. The van der Waals surface area contributed by atoms with Crippen LogP contribution in [0.3, 0.4) is 0 Å². The number of aliphatic imine (C=N–C) groups is 1. The van der Waals surface area contributed by atoms with E-state index in [2.05, 4.69) is 15.2 Å². The SMILES string of the molecule is CN=C(NCC(OC)c1ccccc1)N1CCN(S(=O)(=O)CCOC(C)C)CC1.I. The highest BCUT2D eigenvalue weighted by atomic mass is 127. The molecule has 1 aromatic carbocycles. The number of methoxy groups -OCH3 is 1. The van der Waals surface area contributed by atoms with E-state index in [1.807, 2.05) is 44.2 Å². The van der Waals surface area contributed by atoms with E-state index >= 15 is 0 Å². The van der Waals surface area contributed by atoms with Gasteiger partial charge in [-0.15, -0.1) is 24.0 Å². The lowest BCUT2D eigenvalue weighted by molar-refractivity contribution is 0.0904. The van der Waals surface area contributed by atoms with Gasteiger partial charge >= 0.3 is 0 Å². The summed E-state index contributed by atoms with van der Waals surface area (Å²) in [7, 11) is 0.125. The molecule has 1 unspecified atom stereocenters. The Labute approximate surface area is 198 Å². The molecule has 0 bridgehead atoms. The summed E-state index contributed by atoms with van der Waals surface area (Å²) in [5.41, 5.74) is 1.09. The third-order valence-electron chi connectivity index (χ3n) is 4.84. The van der Waals surface area contributed by atoms with Crippen molar-refractivity contribution in [2.45, 2.75) is 26.1 Å². The van der Waals surface area contributed by atoms with Crippen LogP contribution in [0.15, 0.2) is 35.3 Å². The summed E-state index contributed by atoms with van der Waals surface area (Å²) in [6, 6.07) is 10.0. The van der Waals surface area contributed by atoms with E-state index in [1.165, 1.54) is 0 Å². The van der Waals surface area contributed by atoms with Gasteiger partial charge in [0.05, 0.1) is 24.6 Å². The van der Waals surface area contributed by atoms with Crippen LogP contribution in [-0.2, 0) is 19.5 Å². The van der Waals surface area contributed by atoms with E-state index in [1.54, 1.807) is 18.5 Å². The van der Waals surface area contributed by atoms with Gasteiger partial charge in [0, 0.05) is 46.9 Å². The number of rotatable bonds is 9. The molecule has 10 heteroatoms. The number of piperazine rings is 1. The van der Waals surface area contributed by atoms with Gasteiger partial charge in [-0.2, -0.15) is 4.31 Å². The average molecular weight is 554 g/mol. The second-order valence-corrected chi connectivity index (χ2v) is 9.27. The quantitative estimate of drug-likeness (QED) is 0.286. The Bertz CT molecular complexity index is 738. The minimum atomic E-state index is -3.30. The van der Waals surface area contributed by atoms with Crippen LogP contribution >= 0.6 is 24.0 Å². The third-order valence-corrected chi connectivity index (χ3v) is 6.67. The minimum Gasteiger partial charge on any atom is -0.378 e. The van der Waals surface area contributed by atoms with Gasteiger partial charge in [0.25, 0.3) is 0 Å². The van der Waals surface area contributed by atoms with Crippen molar-refractivity contribution in [1.29, 1.82) is 0 Å². The van der Waals surface area contributed by atoms with Crippen molar-refractivity contribution in [3.8, 4) is 0 Å². The Morgan fingerprint density at radius 1 is 1.17 bits per heavy atom. The molecule has 8 nitrogen and oxygen atoms in total. The molecular formula is C20H35IN4O4S. The van der Waals surface area contributed by atoms with Crippen molar-refractivity contribution in [3.05, 3.63) is 35.9 Å². The van der Waals surface area contributed by atoms with Gasteiger partial charge in [-0.25, -0.2) is 8.42 Å². The van der Waals surface area contributed by atoms with Crippen LogP contribution < -0.4 is 5.32 Å². The number of guanidine groups is 1. The number of ether oxygens (including phenoxy) is 2. The molecule has 1 heterocycles. The van der Waals surface area contributed by atoms with E-state index in [-0.39, 0.29) is 48.5 Å². The first-order chi connectivity index (χ1) is 13.9. The van der Waals surface area contributed by atoms with Gasteiger partial charge < -0.3 is 19.7 Å². The number of halogens is 1. The van der Waals surface area contributed by atoms with E-state index in [4.69, 9.17) is 9.47 Å². The molecule has 172 valence electrons. The summed E-state index contributed by atoms with van der Waals surface area (Å²) < 4.78 is 37.5. The van der Waals surface area contributed by atoms with Crippen LogP contribution in [0.4, 0.5) is 0 Å². The molecule has 0 saturated carbocycles. The second-order valence-electron chi connectivity index (χ2n) is 7.18. The molecule has 1 aliphatic heterocycles. The molecule has 0 aromatic heterocycles. The first kappa shape index (κ1) is 27.1. The van der Waals surface area contributed by atoms with Gasteiger partial charge in [-0.05, 0) is 19.4 Å².